The van der Waals surface area contributed by atoms with E-state index in [9.17, 15) is 0 Å². The molecule has 0 saturated carbocycles. The second kappa shape index (κ2) is 4.08. The van der Waals surface area contributed by atoms with Crippen LogP contribution < -0.4 is 0 Å². The van der Waals surface area contributed by atoms with Gasteiger partial charge in [0, 0.05) is 0 Å². The van der Waals surface area contributed by atoms with E-state index in [-0.39, 0.29) is 0 Å². The summed E-state index contributed by atoms with van der Waals surface area (Å²) < 4.78 is 5.83. The first kappa shape index (κ1) is 9.79. The summed E-state index contributed by atoms with van der Waals surface area (Å²) in [6.45, 7) is 10.5. The van der Waals surface area contributed by atoms with Gasteiger partial charge >= 0.3 is 0 Å². The van der Waals surface area contributed by atoms with Gasteiger partial charge in [-0.05, 0) is 31.6 Å². The number of rotatable bonds is 2. The van der Waals surface area contributed by atoms with Crippen LogP contribution >= 0.6 is 0 Å². The third-order valence-electron chi connectivity index (χ3n) is 2.98. The van der Waals surface area contributed by atoms with E-state index >= 15 is 0 Å². The molecule has 0 aliphatic carbocycles. The largest absolute Gasteiger partial charge is 0.375 e. The molecular formula is C11H20O. The lowest BCUT2D eigenvalue weighted by molar-refractivity contribution is -0.0877. The first-order valence-electron chi connectivity index (χ1n) is 4.97. The zero-order chi connectivity index (χ0) is 9.14. The third-order valence-corrected chi connectivity index (χ3v) is 2.98. The minimum atomic E-state index is 0.411. The lowest BCUT2D eigenvalue weighted by Crippen LogP contribution is -2.37. The van der Waals surface area contributed by atoms with Gasteiger partial charge in [0.05, 0.1) is 12.2 Å². The van der Waals surface area contributed by atoms with E-state index in [0.29, 0.717) is 24.0 Å². The maximum absolute atomic E-state index is 5.83. The van der Waals surface area contributed by atoms with Gasteiger partial charge in [-0.3, -0.25) is 0 Å². The van der Waals surface area contributed by atoms with Crippen LogP contribution in [0.3, 0.4) is 0 Å². The van der Waals surface area contributed by atoms with Gasteiger partial charge in [-0.15, -0.1) is 6.58 Å². The monoisotopic (exact) mass is 168 g/mol. The van der Waals surface area contributed by atoms with Crippen LogP contribution in [0.5, 0.6) is 0 Å². The van der Waals surface area contributed by atoms with Gasteiger partial charge in [0.2, 0.25) is 0 Å². The standard InChI is InChI=1S/C11H20O/c1-5-10-7-8(3)12-11(6-2)9(10)4/h5,8-11H,1,6-7H2,2-4H3. The van der Waals surface area contributed by atoms with Crippen LogP contribution in [-0.4, -0.2) is 12.2 Å². The maximum atomic E-state index is 5.83. The van der Waals surface area contributed by atoms with Gasteiger partial charge in [-0.1, -0.05) is 19.9 Å². The van der Waals surface area contributed by atoms with Crippen molar-refractivity contribution in [3.8, 4) is 0 Å². The predicted octanol–water partition coefficient (Wildman–Crippen LogP) is 3.01. The van der Waals surface area contributed by atoms with Crippen molar-refractivity contribution in [2.75, 3.05) is 0 Å². The molecule has 1 nitrogen and oxygen atoms in total. The molecule has 0 radical (unpaired) electrons. The van der Waals surface area contributed by atoms with Crippen molar-refractivity contribution in [3.05, 3.63) is 12.7 Å². The van der Waals surface area contributed by atoms with E-state index in [4.69, 9.17) is 4.74 Å². The Kier molecular flexibility index (Phi) is 3.33. The third kappa shape index (κ3) is 1.89. The first-order valence-corrected chi connectivity index (χ1v) is 4.97. The van der Waals surface area contributed by atoms with Crippen molar-refractivity contribution in [1.29, 1.82) is 0 Å². The molecule has 0 aromatic rings. The number of hydrogen-bond acceptors (Lipinski definition) is 1. The molecule has 1 rings (SSSR count). The molecule has 70 valence electrons. The Labute approximate surface area is 75.8 Å². The van der Waals surface area contributed by atoms with Gasteiger partial charge in [0.15, 0.2) is 0 Å². The fraction of sp³-hybridized carbons (Fsp3) is 0.818. The molecule has 0 N–H and O–H groups in total. The Bertz CT molecular complexity index is 153. The van der Waals surface area contributed by atoms with Crippen LogP contribution in [0.15, 0.2) is 12.7 Å². The van der Waals surface area contributed by atoms with Crippen LogP contribution in [0.4, 0.5) is 0 Å². The summed E-state index contributed by atoms with van der Waals surface area (Å²) in [6.07, 6.45) is 5.20. The molecule has 0 aromatic heterocycles. The summed E-state index contributed by atoms with van der Waals surface area (Å²) in [7, 11) is 0. The van der Waals surface area contributed by atoms with Gasteiger partial charge in [-0.2, -0.15) is 0 Å². The Morgan fingerprint density at radius 3 is 2.67 bits per heavy atom. The van der Waals surface area contributed by atoms with Crippen LogP contribution in [0.25, 0.3) is 0 Å². The fourth-order valence-electron chi connectivity index (χ4n) is 2.13. The number of allylic oxidation sites excluding steroid dienone is 1. The normalized spacial score (nSPS) is 42.6. The van der Waals surface area contributed by atoms with Gasteiger partial charge < -0.3 is 4.74 Å². The second-order valence-electron chi connectivity index (χ2n) is 3.89. The Morgan fingerprint density at radius 2 is 2.17 bits per heavy atom. The predicted molar refractivity (Wildman–Crippen MR) is 52.1 cm³/mol. The molecule has 1 saturated heterocycles. The van der Waals surface area contributed by atoms with Crippen LogP contribution in [0.2, 0.25) is 0 Å². The van der Waals surface area contributed by atoms with Gasteiger partial charge in [0.25, 0.3) is 0 Å². The minimum absolute atomic E-state index is 0.411. The molecule has 4 unspecified atom stereocenters. The van der Waals surface area contributed by atoms with Gasteiger partial charge in [-0.25, -0.2) is 0 Å². The molecule has 4 atom stereocenters. The molecule has 12 heavy (non-hydrogen) atoms. The van der Waals surface area contributed by atoms with E-state index in [1.54, 1.807) is 0 Å². The van der Waals surface area contributed by atoms with E-state index < -0.39 is 0 Å². The molecule has 1 aliphatic heterocycles. The highest BCUT2D eigenvalue weighted by molar-refractivity contribution is 4.90. The van der Waals surface area contributed by atoms with Crippen molar-refractivity contribution in [2.45, 2.75) is 45.8 Å². The van der Waals surface area contributed by atoms with Crippen molar-refractivity contribution in [2.24, 2.45) is 11.8 Å². The quantitative estimate of drug-likeness (QED) is 0.576. The SMILES string of the molecule is C=CC1CC(C)OC(CC)C1C. The van der Waals surface area contributed by atoms with Crippen LogP contribution in [0, 0.1) is 11.8 Å². The molecule has 0 spiro atoms. The zero-order valence-electron chi connectivity index (χ0n) is 8.42. The Balaban J connectivity index is 2.60. The molecular weight excluding hydrogens is 148 g/mol. The lowest BCUT2D eigenvalue weighted by Gasteiger charge is -2.37. The van der Waals surface area contributed by atoms with Crippen molar-refractivity contribution < 1.29 is 4.74 Å². The summed E-state index contributed by atoms with van der Waals surface area (Å²) in [5.74, 6) is 1.29. The molecule has 1 heteroatoms. The summed E-state index contributed by atoms with van der Waals surface area (Å²) in [6, 6.07) is 0. The van der Waals surface area contributed by atoms with Crippen molar-refractivity contribution in [3.63, 3.8) is 0 Å². The molecule has 0 aromatic carbocycles. The van der Waals surface area contributed by atoms with E-state index in [0.717, 1.165) is 12.8 Å². The Morgan fingerprint density at radius 1 is 1.50 bits per heavy atom. The topological polar surface area (TPSA) is 9.23 Å². The van der Waals surface area contributed by atoms with Crippen molar-refractivity contribution in [1.82, 2.24) is 0 Å². The smallest absolute Gasteiger partial charge is 0.0607 e. The average molecular weight is 168 g/mol. The van der Waals surface area contributed by atoms with Crippen LogP contribution in [-0.2, 0) is 4.74 Å². The highest BCUT2D eigenvalue weighted by Gasteiger charge is 2.31. The number of ether oxygens (including phenoxy) is 1. The zero-order valence-corrected chi connectivity index (χ0v) is 8.42. The second-order valence-corrected chi connectivity index (χ2v) is 3.89. The summed E-state index contributed by atoms with van der Waals surface area (Å²) in [4.78, 5) is 0. The molecule has 0 amide bonds. The summed E-state index contributed by atoms with van der Waals surface area (Å²) in [5.41, 5.74) is 0. The van der Waals surface area contributed by atoms with E-state index in [2.05, 4.69) is 33.4 Å². The molecule has 0 bridgehead atoms. The van der Waals surface area contributed by atoms with Crippen LogP contribution in [0.1, 0.15) is 33.6 Å². The summed E-state index contributed by atoms with van der Waals surface area (Å²) >= 11 is 0. The number of hydrogen-bond donors (Lipinski definition) is 0. The Hall–Kier alpha value is -0.300. The minimum Gasteiger partial charge on any atom is -0.375 e. The fourth-order valence-corrected chi connectivity index (χ4v) is 2.13. The highest BCUT2D eigenvalue weighted by Crippen LogP contribution is 2.32. The van der Waals surface area contributed by atoms with E-state index in [1.807, 2.05) is 0 Å². The van der Waals surface area contributed by atoms with Gasteiger partial charge in [0.1, 0.15) is 0 Å². The maximum Gasteiger partial charge on any atom is 0.0607 e. The molecule has 1 fully saturated rings. The average Bonchev–Trinajstić information content (AvgIpc) is 2.08. The van der Waals surface area contributed by atoms with Crippen molar-refractivity contribution >= 4 is 0 Å². The highest BCUT2D eigenvalue weighted by atomic mass is 16.5. The summed E-state index contributed by atoms with van der Waals surface area (Å²) in [5, 5.41) is 0. The van der Waals surface area contributed by atoms with E-state index in [1.165, 1.54) is 0 Å². The molecule has 1 heterocycles. The lowest BCUT2D eigenvalue weighted by atomic mass is 9.82. The first-order chi connectivity index (χ1) is 5.69. The molecule has 1 aliphatic rings.